The van der Waals surface area contributed by atoms with Gasteiger partial charge in [0.2, 0.25) is 0 Å². The van der Waals surface area contributed by atoms with Crippen molar-refractivity contribution >= 4 is 33.0 Å². The predicted molar refractivity (Wildman–Crippen MR) is 194 cm³/mol. The van der Waals surface area contributed by atoms with E-state index >= 15 is 0 Å². The molecule has 0 spiro atoms. The van der Waals surface area contributed by atoms with Crippen LogP contribution in [0.25, 0.3) is 0 Å². The van der Waals surface area contributed by atoms with E-state index in [0.717, 1.165) is 14.6 Å². The quantitative estimate of drug-likeness (QED) is 0.115. The zero-order chi connectivity index (χ0) is 24.0. The van der Waals surface area contributed by atoms with Crippen LogP contribution in [0, 0.1) is 73.3 Å². The van der Waals surface area contributed by atoms with Crippen LogP contribution in [0.5, 0.6) is 0 Å². The molecule has 4 aromatic carbocycles. The fourth-order valence-electron chi connectivity index (χ4n) is 1.95. The third-order valence-corrected chi connectivity index (χ3v) is 4.15. The minimum atomic E-state index is 0. The molecular formula is C38H46Cl2PTi-11. The van der Waals surface area contributed by atoms with Gasteiger partial charge in [-0.05, 0) is 0 Å². The van der Waals surface area contributed by atoms with Gasteiger partial charge in [-0.3, -0.25) is 14.3 Å². The summed E-state index contributed by atoms with van der Waals surface area (Å²) in [6, 6.07) is 54.0. The molecule has 1 aliphatic rings. The normalized spacial score (nSPS) is 7.81. The number of rotatable bonds is 0. The molecule has 6 rings (SSSR count). The number of benzene rings is 4. The van der Waals surface area contributed by atoms with E-state index in [2.05, 4.69) is 48.0 Å². The third kappa shape index (κ3) is 50.3. The van der Waals surface area contributed by atoms with Crippen LogP contribution in [-0.4, -0.2) is 0 Å². The Bertz CT molecular complexity index is 750. The van der Waals surface area contributed by atoms with Crippen LogP contribution in [0.15, 0.2) is 157 Å². The number of hydrogen-bond donors (Lipinski definition) is 0. The van der Waals surface area contributed by atoms with Crippen LogP contribution in [0.1, 0.15) is 6.42 Å². The van der Waals surface area contributed by atoms with Crippen molar-refractivity contribution < 1.29 is 21.7 Å². The van der Waals surface area contributed by atoms with Gasteiger partial charge < -0.3 is 37.1 Å². The molecule has 1 aromatic heterocycles. The smallest absolute Gasteiger partial charge is 0 e. The standard InChI is InChI=1S/4C6H5.C5H5.C4H4P.5CH3.2ClH.Ti/c4*1-2-4-6-5-3-1;2*1-2-4-5-3-1;;;;;;;;/h4*1-5H;1-3H,4H2;1-3,5H;5*1H3;2*1H;/q11*-1;;;. The molecule has 0 saturated heterocycles. The van der Waals surface area contributed by atoms with Crippen LogP contribution >= 0.6 is 33.0 Å². The number of allylic oxidation sites excluding steroid dienone is 4. The molecule has 0 aliphatic heterocycles. The van der Waals surface area contributed by atoms with Crippen molar-refractivity contribution in [3.63, 3.8) is 0 Å². The Morgan fingerprint density at radius 2 is 0.762 bits per heavy atom. The van der Waals surface area contributed by atoms with Crippen molar-refractivity contribution in [2.24, 2.45) is 0 Å². The summed E-state index contributed by atoms with van der Waals surface area (Å²) in [4.78, 5) is 0. The molecule has 1 aliphatic carbocycles. The van der Waals surface area contributed by atoms with Gasteiger partial charge in [0.1, 0.15) is 0 Å². The van der Waals surface area contributed by atoms with Crippen molar-refractivity contribution in [2.45, 2.75) is 6.42 Å². The zero-order valence-corrected chi connectivity index (χ0v) is 29.7. The third-order valence-electron chi connectivity index (χ3n) is 3.46. The summed E-state index contributed by atoms with van der Waals surface area (Å²) in [6.07, 6.45) is 10.0. The molecular weight excluding hydrogens is 606 g/mol. The van der Waals surface area contributed by atoms with Gasteiger partial charge in [-0.25, -0.2) is 18.2 Å². The van der Waals surface area contributed by atoms with E-state index in [-0.39, 0.29) is 83.7 Å². The van der Waals surface area contributed by atoms with Gasteiger partial charge in [-0.15, -0.1) is 31.2 Å². The van der Waals surface area contributed by atoms with Crippen LogP contribution < -0.4 is 0 Å². The minimum absolute atomic E-state index is 0. The summed E-state index contributed by atoms with van der Waals surface area (Å²) in [5.74, 6) is 5.11. The summed E-state index contributed by atoms with van der Waals surface area (Å²) in [7, 11) is 0.823. The first-order valence-electron chi connectivity index (χ1n) is 10.9. The second kappa shape index (κ2) is 54.5. The molecule has 0 N–H and O–H groups in total. The van der Waals surface area contributed by atoms with E-state index in [9.17, 15) is 0 Å². The van der Waals surface area contributed by atoms with Gasteiger partial charge in [0.15, 0.2) is 0 Å². The van der Waals surface area contributed by atoms with Crippen molar-refractivity contribution in [2.75, 3.05) is 0 Å². The summed E-state index contributed by atoms with van der Waals surface area (Å²) >= 11 is 0. The summed E-state index contributed by atoms with van der Waals surface area (Å²) < 4.78 is 0. The summed E-state index contributed by atoms with van der Waals surface area (Å²) in [5.41, 5.74) is 0. The van der Waals surface area contributed by atoms with E-state index in [1.807, 2.05) is 146 Å². The molecule has 1 unspecified atom stereocenters. The largest absolute Gasteiger partial charge is 0.358 e. The van der Waals surface area contributed by atoms with Crippen LogP contribution in [-0.2, 0) is 21.7 Å². The molecule has 1 heterocycles. The van der Waals surface area contributed by atoms with Gasteiger partial charge in [0.05, 0.1) is 0 Å². The molecule has 0 amide bonds. The summed E-state index contributed by atoms with van der Waals surface area (Å²) in [6.45, 7) is 0. The Labute approximate surface area is 290 Å². The van der Waals surface area contributed by atoms with Crippen LogP contribution in [0.3, 0.4) is 0 Å². The van der Waals surface area contributed by atoms with Gasteiger partial charge in [0, 0.05) is 21.7 Å². The van der Waals surface area contributed by atoms with Crippen molar-refractivity contribution in [1.29, 1.82) is 0 Å². The topological polar surface area (TPSA) is 0 Å². The van der Waals surface area contributed by atoms with E-state index in [4.69, 9.17) is 0 Å². The van der Waals surface area contributed by atoms with Gasteiger partial charge in [0.25, 0.3) is 0 Å². The Hall–Kier alpha value is -2.57. The van der Waals surface area contributed by atoms with Gasteiger partial charge in [-0.2, -0.15) is 169 Å². The average Bonchev–Trinajstić information content (AvgIpc) is 3.74. The molecule has 0 nitrogen and oxygen atoms in total. The predicted octanol–water partition coefficient (Wildman–Crippen LogP) is 11.9. The van der Waals surface area contributed by atoms with Crippen molar-refractivity contribution in [3.05, 3.63) is 231 Å². The monoisotopic (exact) mass is 651 g/mol. The van der Waals surface area contributed by atoms with Crippen molar-refractivity contribution in [3.8, 4) is 0 Å². The fourth-order valence-corrected chi connectivity index (χ4v) is 2.43. The van der Waals surface area contributed by atoms with E-state index < -0.39 is 0 Å². The maximum absolute atomic E-state index is 3.01. The second-order valence-electron chi connectivity index (χ2n) is 6.13. The first-order chi connectivity index (χ1) is 17.0. The fraction of sp³-hybridized carbons (Fsp3) is 0.0263. The van der Waals surface area contributed by atoms with E-state index in [0.29, 0.717) is 0 Å². The molecule has 0 bridgehead atoms. The van der Waals surface area contributed by atoms with Gasteiger partial charge in [-0.1, -0.05) is 0 Å². The number of halogens is 2. The molecule has 0 radical (unpaired) electrons. The maximum Gasteiger partial charge on any atom is 0 e. The molecule has 0 fully saturated rings. The molecule has 5 aromatic rings. The zero-order valence-electron chi connectivity index (χ0n) is 25.5. The molecule has 42 heavy (non-hydrogen) atoms. The van der Waals surface area contributed by atoms with Crippen LogP contribution in [0.2, 0.25) is 0 Å². The first kappa shape index (κ1) is 59.0. The first-order valence-corrected chi connectivity index (χ1v) is 11.9. The SMILES string of the molecule is Cl.Cl.[C-]1=CC=CC1.[CH3-].[CH3-].[CH3-].[CH3-].[CH3-].[Ti].[c-]1ccc[pH]1.[c-]1ccccc1.[c-]1ccccc1.[c-]1ccccc1.[c-]1ccccc1. The Balaban J connectivity index is -0.0000000531. The Morgan fingerprint density at radius 3 is 0.833 bits per heavy atom. The molecule has 0 saturated carbocycles. The molecule has 232 valence electrons. The maximum atomic E-state index is 3.01. The average molecular weight is 653 g/mol. The van der Waals surface area contributed by atoms with Crippen LogP contribution in [0.4, 0.5) is 0 Å². The molecule has 4 heteroatoms. The Morgan fingerprint density at radius 1 is 0.429 bits per heavy atom. The van der Waals surface area contributed by atoms with Gasteiger partial charge >= 0.3 is 0 Å². The Kier molecular flexibility index (Phi) is 76.5. The number of hydrogen-bond acceptors (Lipinski definition) is 0. The van der Waals surface area contributed by atoms with E-state index in [1.54, 1.807) is 0 Å². The second-order valence-corrected chi connectivity index (χ2v) is 7.04. The minimum Gasteiger partial charge on any atom is -0.358 e. The summed E-state index contributed by atoms with van der Waals surface area (Å²) in [5, 5.41) is 0. The molecule has 1 atom stereocenters. The van der Waals surface area contributed by atoms with E-state index in [1.165, 1.54) is 0 Å². The van der Waals surface area contributed by atoms with Crippen molar-refractivity contribution in [1.82, 2.24) is 0 Å².